The quantitative estimate of drug-likeness (QED) is 0.787. The number of amides is 1. The van der Waals surface area contributed by atoms with Crippen LogP contribution in [0.4, 0.5) is 4.39 Å². The van der Waals surface area contributed by atoms with Gasteiger partial charge < -0.3 is 10.1 Å². The fourth-order valence-corrected chi connectivity index (χ4v) is 5.65. The topological polar surface area (TPSA) is 89.5 Å². The number of fused-ring (bicyclic) bond motifs is 1. The number of carbonyl (C=O) groups is 2. The number of halogens is 2. The lowest BCUT2D eigenvalue weighted by molar-refractivity contribution is -0.124. The van der Waals surface area contributed by atoms with Crippen LogP contribution in [-0.4, -0.2) is 44.4 Å². The van der Waals surface area contributed by atoms with E-state index in [9.17, 15) is 22.4 Å². The summed E-state index contributed by atoms with van der Waals surface area (Å²) in [6, 6.07) is 3.50. The first-order valence-corrected chi connectivity index (χ1v) is 10.3. The molecule has 25 heavy (non-hydrogen) atoms. The Balaban J connectivity index is 1.61. The van der Waals surface area contributed by atoms with Crippen molar-refractivity contribution in [3.05, 3.63) is 33.9 Å². The van der Waals surface area contributed by atoms with E-state index in [4.69, 9.17) is 16.3 Å². The summed E-state index contributed by atoms with van der Waals surface area (Å²) in [5.74, 6) is -1.90. The predicted molar refractivity (Wildman–Crippen MR) is 92.3 cm³/mol. The molecular formula is C15H13ClFNO5S2. The molecule has 10 heteroatoms. The Morgan fingerprint density at radius 1 is 1.40 bits per heavy atom. The Morgan fingerprint density at radius 3 is 2.84 bits per heavy atom. The molecule has 0 spiro atoms. The van der Waals surface area contributed by atoms with Crippen molar-refractivity contribution >= 4 is 54.7 Å². The minimum atomic E-state index is -3.11. The Morgan fingerprint density at radius 2 is 2.16 bits per heavy atom. The Labute approximate surface area is 151 Å². The predicted octanol–water partition coefficient (Wildman–Crippen LogP) is 2.15. The van der Waals surface area contributed by atoms with Gasteiger partial charge in [-0.2, -0.15) is 0 Å². The molecule has 6 nitrogen and oxygen atoms in total. The molecule has 1 amide bonds. The van der Waals surface area contributed by atoms with E-state index < -0.39 is 40.2 Å². The van der Waals surface area contributed by atoms with Gasteiger partial charge in [-0.05, 0) is 24.6 Å². The zero-order valence-corrected chi connectivity index (χ0v) is 15.1. The number of rotatable bonds is 4. The SMILES string of the molecule is O=C(COC(=O)c1sc2cc(F)ccc2c1Cl)N[C@H]1CCS(=O)(=O)C1. The number of carbonyl (C=O) groups excluding carboxylic acids is 2. The number of nitrogens with one attached hydrogen (secondary N) is 1. The van der Waals surface area contributed by atoms with E-state index in [-0.39, 0.29) is 21.4 Å². The van der Waals surface area contributed by atoms with E-state index in [1.165, 1.54) is 18.2 Å². The van der Waals surface area contributed by atoms with Gasteiger partial charge in [-0.1, -0.05) is 11.6 Å². The summed E-state index contributed by atoms with van der Waals surface area (Å²) in [7, 11) is -3.11. The molecule has 1 aliphatic heterocycles. The van der Waals surface area contributed by atoms with Gasteiger partial charge in [0.15, 0.2) is 16.4 Å². The summed E-state index contributed by atoms with van der Waals surface area (Å²) in [5, 5.41) is 3.19. The number of ether oxygens (including phenoxy) is 1. The lowest BCUT2D eigenvalue weighted by Gasteiger charge is -2.10. The van der Waals surface area contributed by atoms with Crippen molar-refractivity contribution in [3.63, 3.8) is 0 Å². The number of thiophene rings is 1. The van der Waals surface area contributed by atoms with Crippen molar-refractivity contribution in [1.82, 2.24) is 5.32 Å². The highest BCUT2D eigenvalue weighted by molar-refractivity contribution is 7.91. The molecule has 0 radical (unpaired) electrons. The van der Waals surface area contributed by atoms with Crippen LogP contribution in [0.5, 0.6) is 0 Å². The fraction of sp³-hybridized carbons (Fsp3) is 0.333. The molecule has 1 aliphatic rings. The summed E-state index contributed by atoms with van der Waals surface area (Å²) in [6.07, 6.45) is 0.343. The maximum atomic E-state index is 13.2. The average molecular weight is 406 g/mol. The van der Waals surface area contributed by atoms with Crippen molar-refractivity contribution in [1.29, 1.82) is 0 Å². The van der Waals surface area contributed by atoms with Gasteiger partial charge in [0.05, 0.1) is 16.5 Å². The maximum Gasteiger partial charge on any atom is 0.350 e. The van der Waals surface area contributed by atoms with Crippen molar-refractivity contribution in [2.45, 2.75) is 12.5 Å². The standard InChI is InChI=1S/C15H13ClFNO5S2/c16-13-10-2-1-8(17)5-11(10)24-14(13)15(20)23-6-12(19)18-9-3-4-25(21,22)7-9/h1-2,5,9H,3-4,6-7H2,(H,18,19)/t9-/m0/s1. The first kappa shape index (κ1) is 18.1. The van der Waals surface area contributed by atoms with Gasteiger partial charge in [0.1, 0.15) is 10.7 Å². The Bertz CT molecular complexity index is 956. The van der Waals surface area contributed by atoms with Crippen molar-refractivity contribution < 1.29 is 27.1 Å². The van der Waals surface area contributed by atoms with Crippen LogP contribution in [0, 0.1) is 5.82 Å². The molecule has 1 aromatic carbocycles. The van der Waals surface area contributed by atoms with Crippen LogP contribution in [-0.2, 0) is 19.4 Å². The summed E-state index contributed by atoms with van der Waals surface area (Å²) in [4.78, 5) is 24.0. The number of hydrogen-bond acceptors (Lipinski definition) is 6. The van der Waals surface area contributed by atoms with Crippen molar-refractivity contribution in [3.8, 4) is 0 Å². The molecule has 1 fully saturated rings. The Kier molecular flexibility index (Phi) is 4.99. The van der Waals surface area contributed by atoms with E-state index in [2.05, 4.69) is 5.32 Å². The van der Waals surface area contributed by atoms with Crippen LogP contribution in [0.1, 0.15) is 16.1 Å². The number of benzene rings is 1. The highest BCUT2D eigenvalue weighted by atomic mass is 35.5. The van der Waals surface area contributed by atoms with Crippen LogP contribution in [0.2, 0.25) is 5.02 Å². The smallest absolute Gasteiger partial charge is 0.350 e. The van der Waals surface area contributed by atoms with E-state index in [1.54, 1.807) is 0 Å². The molecule has 1 aromatic heterocycles. The van der Waals surface area contributed by atoms with Gasteiger partial charge in [-0.3, -0.25) is 4.79 Å². The van der Waals surface area contributed by atoms with Crippen LogP contribution in [0.25, 0.3) is 10.1 Å². The molecule has 0 aliphatic carbocycles. The zero-order chi connectivity index (χ0) is 18.2. The van der Waals surface area contributed by atoms with Crippen LogP contribution < -0.4 is 5.32 Å². The van der Waals surface area contributed by atoms with Crippen molar-refractivity contribution in [2.24, 2.45) is 0 Å². The van der Waals surface area contributed by atoms with Crippen molar-refractivity contribution in [2.75, 3.05) is 18.1 Å². The molecule has 1 saturated heterocycles. The fourth-order valence-electron chi connectivity index (χ4n) is 2.55. The molecule has 2 heterocycles. The van der Waals surface area contributed by atoms with Gasteiger partial charge in [0.25, 0.3) is 5.91 Å². The highest BCUT2D eigenvalue weighted by Gasteiger charge is 2.29. The van der Waals surface area contributed by atoms with E-state index in [0.29, 0.717) is 16.5 Å². The summed E-state index contributed by atoms with van der Waals surface area (Å²) in [5.41, 5.74) is 0. The van der Waals surface area contributed by atoms with Gasteiger partial charge in [-0.15, -0.1) is 11.3 Å². The summed E-state index contributed by atoms with van der Waals surface area (Å²) in [6.45, 7) is -0.547. The minimum absolute atomic E-state index is 0.0334. The normalized spacial score (nSPS) is 19.0. The summed E-state index contributed by atoms with van der Waals surface area (Å²) >= 11 is 7.08. The second-order valence-electron chi connectivity index (χ2n) is 5.63. The average Bonchev–Trinajstić information content (AvgIpc) is 3.04. The number of esters is 1. The molecule has 0 saturated carbocycles. The van der Waals surface area contributed by atoms with Gasteiger partial charge in [0.2, 0.25) is 0 Å². The molecule has 1 N–H and O–H groups in total. The lowest BCUT2D eigenvalue weighted by atomic mass is 10.2. The molecule has 0 unspecified atom stereocenters. The monoisotopic (exact) mass is 405 g/mol. The molecule has 0 bridgehead atoms. The van der Waals surface area contributed by atoms with E-state index in [1.807, 2.05) is 0 Å². The van der Waals surface area contributed by atoms with E-state index >= 15 is 0 Å². The van der Waals surface area contributed by atoms with Crippen LogP contribution >= 0.6 is 22.9 Å². The second kappa shape index (κ2) is 6.89. The molecule has 3 rings (SSSR count). The molecular weight excluding hydrogens is 393 g/mol. The highest BCUT2D eigenvalue weighted by Crippen LogP contribution is 2.36. The maximum absolute atomic E-state index is 13.2. The van der Waals surface area contributed by atoms with Gasteiger partial charge in [0, 0.05) is 16.1 Å². The third-order valence-electron chi connectivity index (χ3n) is 3.71. The third kappa shape index (κ3) is 4.10. The van der Waals surface area contributed by atoms with Crippen LogP contribution in [0.15, 0.2) is 18.2 Å². The van der Waals surface area contributed by atoms with Crippen LogP contribution in [0.3, 0.4) is 0 Å². The minimum Gasteiger partial charge on any atom is -0.451 e. The number of hydrogen-bond donors (Lipinski definition) is 1. The van der Waals surface area contributed by atoms with Gasteiger partial charge >= 0.3 is 5.97 Å². The lowest BCUT2D eigenvalue weighted by Crippen LogP contribution is -2.38. The first-order chi connectivity index (χ1) is 11.7. The van der Waals surface area contributed by atoms with E-state index in [0.717, 1.165) is 11.3 Å². The zero-order valence-electron chi connectivity index (χ0n) is 12.8. The largest absolute Gasteiger partial charge is 0.451 e. The molecule has 134 valence electrons. The molecule has 1 atom stereocenters. The third-order valence-corrected chi connectivity index (χ3v) is 7.11. The second-order valence-corrected chi connectivity index (χ2v) is 9.29. The molecule has 2 aromatic rings. The number of sulfone groups is 1. The van der Waals surface area contributed by atoms with Gasteiger partial charge in [-0.25, -0.2) is 17.6 Å². The summed E-state index contributed by atoms with van der Waals surface area (Å²) < 4.78 is 41.3. The Hall–Kier alpha value is -1.71. The first-order valence-electron chi connectivity index (χ1n) is 7.29.